The number of alkyl halides is 3. The molecule has 4 aromatic rings. The van der Waals surface area contributed by atoms with Crippen molar-refractivity contribution < 1.29 is 31.6 Å². The average Bonchev–Trinajstić information content (AvgIpc) is 3.58. The molecule has 5 rings (SSSR count). The van der Waals surface area contributed by atoms with Gasteiger partial charge in [0.05, 0.1) is 16.5 Å². The van der Waals surface area contributed by atoms with Crippen LogP contribution >= 0.6 is 0 Å². The highest BCUT2D eigenvalue weighted by molar-refractivity contribution is 6.07. The van der Waals surface area contributed by atoms with Gasteiger partial charge < -0.3 is 20.3 Å². The second kappa shape index (κ2) is 8.30. The Kier molecular flexibility index (Phi) is 5.38. The molecule has 0 spiro atoms. The standard InChI is InChI=1S/C25H19F4N3O3/c1-12-8-14(26)4-6-20(12)34-22-11-16(13-2-3-13)19(25(27,28)29)10-18(22)24(33)31-15-5-7-21-17(9-15)23(30)32-35-21/h4-11,13H,2-3H2,1H3,(H2,30,32)(H,31,33). The third-order valence-corrected chi connectivity index (χ3v) is 5.83. The second-order valence-electron chi connectivity index (χ2n) is 8.45. The first-order valence-electron chi connectivity index (χ1n) is 10.8. The molecule has 1 fully saturated rings. The van der Waals surface area contributed by atoms with E-state index in [-0.39, 0.29) is 40.0 Å². The van der Waals surface area contributed by atoms with Crippen molar-refractivity contribution in [2.24, 2.45) is 0 Å². The minimum atomic E-state index is -4.66. The molecule has 10 heteroatoms. The molecule has 1 amide bonds. The molecule has 1 aliphatic carbocycles. The Hall–Kier alpha value is -4.08. The zero-order chi connectivity index (χ0) is 24.9. The van der Waals surface area contributed by atoms with E-state index in [1.807, 2.05) is 0 Å². The quantitative estimate of drug-likeness (QED) is 0.304. The molecule has 1 heterocycles. The fourth-order valence-corrected chi connectivity index (χ4v) is 3.91. The summed E-state index contributed by atoms with van der Waals surface area (Å²) in [6, 6.07) is 10.4. The van der Waals surface area contributed by atoms with E-state index >= 15 is 0 Å². The summed E-state index contributed by atoms with van der Waals surface area (Å²) in [6.07, 6.45) is -3.43. The fraction of sp³-hybridized carbons (Fsp3) is 0.200. The Bertz CT molecular complexity index is 1460. The van der Waals surface area contributed by atoms with E-state index in [9.17, 15) is 22.4 Å². The van der Waals surface area contributed by atoms with Gasteiger partial charge in [-0.1, -0.05) is 5.16 Å². The lowest BCUT2D eigenvalue weighted by atomic mass is 9.98. The van der Waals surface area contributed by atoms with E-state index < -0.39 is 23.5 Å². The van der Waals surface area contributed by atoms with Crippen LogP contribution in [0.1, 0.15) is 45.8 Å². The summed E-state index contributed by atoms with van der Waals surface area (Å²) < 4.78 is 66.2. The average molecular weight is 485 g/mol. The minimum absolute atomic E-state index is 0.0577. The molecule has 0 atom stereocenters. The maximum Gasteiger partial charge on any atom is 0.416 e. The molecule has 35 heavy (non-hydrogen) atoms. The molecule has 0 unspecified atom stereocenters. The van der Waals surface area contributed by atoms with E-state index in [2.05, 4.69) is 10.5 Å². The van der Waals surface area contributed by atoms with Gasteiger partial charge in [-0.3, -0.25) is 4.79 Å². The fourth-order valence-electron chi connectivity index (χ4n) is 3.91. The molecular formula is C25H19F4N3O3. The number of rotatable bonds is 5. The molecule has 180 valence electrons. The van der Waals surface area contributed by atoms with Crippen molar-refractivity contribution >= 4 is 28.4 Å². The third-order valence-electron chi connectivity index (χ3n) is 5.83. The number of amides is 1. The zero-order valence-electron chi connectivity index (χ0n) is 18.4. The number of aryl methyl sites for hydroxylation is 1. The molecular weight excluding hydrogens is 466 g/mol. The van der Waals surface area contributed by atoms with Gasteiger partial charge in [0.2, 0.25) is 0 Å². The van der Waals surface area contributed by atoms with Gasteiger partial charge in [-0.25, -0.2) is 4.39 Å². The summed E-state index contributed by atoms with van der Waals surface area (Å²) in [5.74, 6) is -1.29. The van der Waals surface area contributed by atoms with Gasteiger partial charge in [-0.2, -0.15) is 13.2 Å². The molecule has 3 aromatic carbocycles. The Morgan fingerprint density at radius 2 is 1.89 bits per heavy atom. The number of anilines is 2. The Morgan fingerprint density at radius 1 is 1.11 bits per heavy atom. The van der Waals surface area contributed by atoms with Crippen molar-refractivity contribution in [1.82, 2.24) is 5.16 Å². The van der Waals surface area contributed by atoms with Crippen LogP contribution < -0.4 is 15.8 Å². The SMILES string of the molecule is Cc1cc(F)ccc1Oc1cc(C2CC2)c(C(F)(F)F)cc1C(=O)Nc1ccc2onc(N)c2c1. The molecule has 1 saturated carbocycles. The van der Waals surface area contributed by atoms with Crippen LogP contribution in [-0.2, 0) is 6.18 Å². The predicted octanol–water partition coefficient (Wildman–Crippen LogP) is 6.80. The number of benzene rings is 3. The number of carbonyl (C=O) groups is 1. The second-order valence-corrected chi connectivity index (χ2v) is 8.45. The first kappa shape index (κ1) is 22.7. The van der Waals surface area contributed by atoms with E-state index in [0.717, 1.165) is 6.07 Å². The number of fused-ring (bicyclic) bond motifs is 1. The number of aromatic nitrogens is 1. The van der Waals surface area contributed by atoms with Gasteiger partial charge in [0.25, 0.3) is 5.91 Å². The maximum atomic E-state index is 13.9. The normalized spacial score (nSPS) is 13.7. The topological polar surface area (TPSA) is 90.4 Å². The van der Waals surface area contributed by atoms with E-state index in [4.69, 9.17) is 15.0 Å². The van der Waals surface area contributed by atoms with Gasteiger partial charge in [-0.15, -0.1) is 0 Å². The van der Waals surface area contributed by atoms with Gasteiger partial charge >= 0.3 is 6.18 Å². The van der Waals surface area contributed by atoms with Crippen molar-refractivity contribution in [3.05, 3.63) is 76.6 Å². The van der Waals surface area contributed by atoms with Gasteiger partial charge in [-0.05, 0) is 85.3 Å². The van der Waals surface area contributed by atoms with Crippen LogP contribution in [0.25, 0.3) is 11.0 Å². The number of hydrogen-bond acceptors (Lipinski definition) is 5. The van der Waals surface area contributed by atoms with Crippen molar-refractivity contribution in [3.63, 3.8) is 0 Å². The Labute approximate surface area is 196 Å². The van der Waals surface area contributed by atoms with Gasteiger partial charge in [0, 0.05) is 5.69 Å². The van der Waals surface area contributed by atoms with E-state index in [1.165, 1.54) is 42.5 Å². The van der Waals surface area contributed by atoms with Crippen molar-refractivity contribution in [2.75, 3.05) is 11.1 Å². The van der Waals surface area contributed by atoms with Crippen LogP contribution in [0.2, 0.25) is 0 Å². The number of nitrogens with one attached hydrogen (secondary N) is 1. The summed E-state index contributed by atoms with van der Waals surface area (Å²) in [5.41, 5.74) is 5.72. The number of nitrogen functional groups attached to an aromatic ring is 1. The van der Waals surface area contributed by atoms with Crippen LogP contribution in [0.3, 0.4) is 0 Å². The van der Waals surface area contributed by atoms with Crippen LogP contribution in [-0.4, -0.2) is 11.1 Å². The number of nitrogens with zero attached hydrogens (tertiary/aromatic N) is 1. The van der Waals surface area contributed by atoms with Crippen molar-refractivity contribution in [1.29, 1.82) is 0 Å². The van der Waals surface area contributed by atoms with Gasteiger partial charge in [0.1, 0.15) is 17.3 Å². The van der Waals surface area contributed by atoms with Crippen molar-refractivity contribution in [2.45, 2.75) is 31.9 Å². The largest absolute Gasteiger partial charge is 0.456 e. The molecule has 0 radical (unpaired) electrons. The highest BCUT2D eigenvalue weighted by Gasteiger charge is 2.40. The van der Waals surface area contributed by atoms with E-state index in [0.29, 0.717) is 29.4 Å². The number of carbonyl (C=O) groups excluding carboxylic acids is 1. The first-order valence-corrected chi connectivity index (χ1v) is 10.8. The predicted molar refractivity (Wildman–Crippen MR) is 121 cm³/mol. The Morgan fingerprint density at radius 3 is 2.57 bits per heavy atom. The number of ether oxygens (including phenoxy) is 1. The molecule has 0 bridgehead atoms. The van der Waals surface area contributed by atoms with Crippen LogP contribution in [0.5, 0.6) is 11.5 Å². The maximum absolute atomic E-state index is 13.9. The van der Waals surface area contributed by atoms with Gasteiger partial charge in [0.15, 0.2) is 11.4 Å². The first-order chi connectivity index (χ1) is 16.6. The molecule has 0 aliphatic heterocycles. The highest BCUT2D eigenvalue weighted by Crippen LogP contribution is 2.48. The van der Waals surface area contributed by atoms with Crippen LogP contribution in [0, 0.1) is 12.7 Å². The lowest BCUT2D eigenvalue weighted by molar-refractivity contribution is -0.138. The lowest BCUT2D eigenvalue weighted by Crippen LogP contribution is -2.17. The molecule has 1 aliphatic rings. The van der Waals surface area contributed by atoms with Crippen LogP contribution in [0.15, 0.2) is 53.1 Å². The third kappa shape index (κ3) is 4.51. The van der Waals surface area contributed by atoms with Crippen LogP contribution in [0.4, 0.5) is 29.1 Å². The number of halogens is 4. The van der Waals surface area contributed by atoms with Crippen molar-refractivity contribution in [3.8, 4) is 11.5 Å². The summed E-state index contributed by atoms with van der Waals surface area (Å²) in [7, 11) is 0. The summed E-state index contributed by atoms with van der Waals surface area (Å²) in [4.78, 5) is 13.2. The lowest BCUT2D eigenvalue weighted by Gasteiger charge is -2.19. The molecule has 6 nitrogen and oxygen atoms in total. The van der Waals surface area contributed by atoms with E-state index in [1.54, 1.807) is 6.92 Å². The Balaban J connectivity index is 1.58. The smallest absolute Gasteiger partial charge is 0.416 e. The molecule has 3 N–H and O–H groups in total. The number of hydrogen-bond donors (Lipinski definition) is 2. The summed E-state index contributed by atoms with van der Waals surface area (Å²) in [6.45, 7) is 1.60. The molecule has 1 aromatic heterocycles. The summed E-state index contributed by atoms with van der Waals surface area (Å²) in [5, 5.41) is 6.67. The summed E-state index contributed by atoms with van der Waals surface area (Å²) >= 11 is 0. The monoisotopic (exact) mass is 485 g/mol. The number of nitrogens with two attached hydrogens (primary N) is 1. The molecule has 0 saturated heterocycles. The minimum Gasteiger partial charge on any atom is -0.456 e. The highest BCUT2D eigenvalue weighted by atomic mass is 19.4. The zero-order valence-corrected chi connectivity index (χ0v) is 18.4.